The molecule has 0 fully saturated rings. The van der Waals surface area contributed by atoms with Gasteiger partial charge < -0.3 is 14.5 Å². The summed E-state index contributed by atoms with van der Waals surface area (Å²) >= 11 is 0. The first kappa shape index (κ1) is 20.1. The quantitative estimate of drug-likeness (QED) is 0.410. The molecule has 1 amide bonds. The van der Waals surface area contributed by atoms with Crippen molar-refractivity contribution in [3.05, 3.63) is 101 Å². The van der Waals surface area contributed by atoms with Crippen molar-refractivity contribution in [1.82, 2.24) is 19.7 Å². The highest BCUT2D eigenvalue weighted by atomic mass is 16.5. The summed E-state index contributed by atoms with van der Waals surface area (Å²) < 4.78 is 12.7. The van der Waals surface area contributed by atoms with E-state index < -0.39 is 11.5 Å². The molecule has 0 atom stereocenters. The molecule has 0 aliphatic carbocycles. The molecule has 9 nitrogen and oxygen atoms in total. The lowest BCUT2D eigenvalue weighted by molar-refractivity contribution is 0.102. The van der Waals surface area contributed by atoms with Crippen molar-refractivity contribution in [3.8, 4) is 17.4 Å². The smallest absolute Gasteiger partial charge is 0.349 e. The molecule has 0 saturated carbocycles. The number of imidazole rings is 1. The Bertz CT molecular complexity index is 1500. The number of fused-ring (bicyclic) bond motifs is 1. The summed E-state index contributed by atoms with van der Waals surface area (Å²) in [6, 6.07) is 18.7. The third-order valence-electron chi connectivity index (χ3n) is 4.92. The van der Waals surface area contributed by atoms with E-state index in [2.05, 4.69) is 20.5 Å². The second kappa shape index (κ2) is 8.39. The number of carbonyl (C=O) groups excluding carboxylic acids is 1. The van der Waals surface area contributed by atoms with Crippen molar-refractivity contribution >= 4 is 22.6 Å². The van der Waals surface area contributed by atoms with Crippen LogP contribution in [0, 0.1) is 6.92 Å². The van der Waals surface area contributed by atoms with Gasteiger partial charge in [0.15, 0.2) is 5.82 Å². The van der Waals surface area contributed by atoms with E-state index in [-0.39, 0.29) is 5.56 Å². The van der Waals surface area contributed by atoms with Crippen molar-refractivity contribution in [2.24, 2.45) is 0 Å². The molecule has 2 aromatic carbocycles. The van der Waals surface area contributed by atoms with Gasteiger partial charge in [-0.25, -0.2) is 9.78 Å². The molecular weight excluding hydrogens is 422 g/mol. The highest BCUT2D eigenvalue weighted by Gasteiger charge is 2.14. The Labute approximate surface area is 187 Å². The summed E-state index contributed by atoms with van der Waals surface area (Å²) in [7, 11) is 0. The van der Waals surface area contributed by atoms with Crippen LogP contribution in [0.3, 0.4) is 0 Å². The van der Waals surface area contributed by atoms with E-state index in [9.17, 15) is 9.59 Å². The minimum Gasteiger partial charge on any atom is -0.438 e. The number of anilines is 1. The number of aryl methyl sites for hydroxylation is 1. The highest BCUT2D eigenvalue weighted by molar-refractivity contribution is 6.05. The molecule has 3 aromatic heterocycles. The van der Waals surface area contributed by atoms with E-state index >= 15 is 0 Å². The number of amides is 1. The first-order valence-electron chi connectivity index (χ1n) is 10.0. The molecule has 0 saturated heterocycles. The zero-order valence-electron chi connectivity index (χ0n) is 17.4. The molecule has 0 bridgehead atoms. The van der Waals surface area contributed by atoms with Gasteiger partial charge in [-0.2, -0.15) is 0 Å². The summed E-state index contributed by atoms with van der Waals surface area (Å²) in [6.07, 6.45) is 3.49. The lowest BCUT2D eigenvalue weighted by Crippen LogP contribution is -2.20. The molecule has 0 spiro atoms. The van der Waals surface area contributed by atoms with Gasteiger partial charge >= 0.3 is 5.63 Å². The largest absolute Gasteiger partial charge is 0.438 e. The molecule has 9 heteroatoms. The number of ether oxygens (including phenoxy) is 1. The average Bonchev–Trinajstić information content (AvgIpc) is 3.26. The van der Waals surface area contributed by atoms with Crippen LogP contribution >= 0.6 is 0 Å². The van der Waals surface area contributed by atoms with Gasteiger partial charge in [-0.15, -0.1) is 10.2 Å². The fourth-order valence-corrected chi connectivity index (χ4v) is 3.26. The Balaban J connectivity index is 1.27. The topological polar surface area (TPSA) is 112 Å². The lowest BCUT2D eigenvalue weighted by Gasteiger charge is -2.08. The minimum atomic E-state index is -0.695. The molecule has 0 aliphatic rings. The zero-order valence-corrected chi connectivity index (χ0v) is 17.4. The Kier molecular flexibility index (Phi) is 5.12. The maximum absolute atomic E-state index is 12.6. The predicted molar refractivity (Wildman–Crippen MR) is 121 cm³/mol. The Morgan fingerprint density at radius 2 is 1.85 bits per heavy atom. The third-order valence-corrected chi connectivity index (χ3v) is 4.92. The van der Waals surface area contributed by atoms with Gasteiger partial charge in [0.05, 0.1) is 0 Å². The number of nitrogens with one attached hydrogen (secondary N) is 1. The molecule has 0 aliphatic heterocycles. The van der Waals surface area contributed by atoms with Gasteiger partial charge in [0.25, 0.3) is 5.91 Å². The highest BCUT2D eigenvalue weighted by Crippen LogP contribution is 2.22. The molecule has 33 heavy (non-hydrogen) atoms. The minimum absolute atomic E-state index is 0.0717. The molecule has 0 unspecified atom stereocenters. The molecule has 1 N–H and O–H groups in total. The van der Waals surface area contributed by atoms with E-state index in [1.54, 1.807) is 73.1 Å². The fourth-order valence-electron chi connectivity index (χ4n) is 3.26. The summed E-state index contributed by atoms with van der Waals surface area (Å²) in [5.74, 6) is 1.71. The van der Waals surface area contributed by atoms with Gasteiger partial charge in [0.2, 0.25) is 5.88 Å². The van der Waals surface area contributed by atoms with E-state index in [1.165, 1.54) is 6.07 Å². The fraction of sp³-hybridized carbons (Fsp3) is 0.0417. The maximum Gasteiger partial charge on any atom is 0.349 e. The molecule has 5 rings (SSSR count). The molecule has 162 valence electrons. The van der Waals surface area contributed by atoms with Crippen LogP contribution < -0.4 is 15.7 Å². The standard InChI is InChI=1S/C24H17N5O4/c1-15-25-12-13-29(15)21-10-11-22(28-27-21)32-18-8-6-17(7-9-18)26-23(30)19-14-16-4-2-3-5-20(16)33-24(19)31/h2-14H,1H3,(H,26,30). The summed E-state index contributed by atoms with van der Waals surface area (Å²) in [5.41, 5.74) is 0.158. The number of carbonyl (C=O) groups is 1. The second-order valence-corrected chi connectivity index (χ2v) is 7.14. The number of rotatable bonds is 5. The Morgan fingerprint density at radius 3 is 2.58 bits per heavy atom. The van der Waals surface area contributed by atoms with Crippen molar-refractivity contribution in [3.63, 3.8) is 0 Å². The Morgan fingerprint density at radius 1 is 1.03 bits per heavy atom. The second-order valence-electron chi connectivity index (χ2n) is 7.14. The van der Waals surface area contributed by atoms with Crippen molar-refractivity contribution in [2.45, 2.75) is 6.92 Å². The summed E-state index contributed by atoms with van der Waals surface area (Å²) in [6.45, 7) is 1.87. The van der Waals surface area contributed by atoms with Gasteiger partial charge in [-0.1, -0.05) is 18.2 Å². The van der Waals surface area contributed by atoms with Gasteiger partial charge in [0, 0.05) is 29.5 Å². The van der Waals surface area contributed by atoms with Crippen LogP contribution in [-0.2, 0) is 0 Å². The first-order valence-corrected chi connectivity index (χ1v) is 10.0. The Hall–Kier alpha value is -4.79. The lowest BCUT2D eigenvalue weighted by atomic mass is 10.1. The monoisotopic (exact) mass is 439 g/mol. The molecule has 0 radical (unpaired) electrons. The van der Waals surface area contributed by atoms with Crippen LogP contribution in [0.5, 0.6) is 11.6 Å². The number of benzene rings is 2. The van der Waals surface area contributed by atoms with Crippen LogP contribution in [0.15, 0.2) is 88.3 Å². The van der Waals surface area contributed by atoms with E-state index in [0.717, 1.165) is 5.82 Å². The van der Waals surface area contributed by atoms with Crippen LogP contribution in [-0.4, -0.2) is 25.7 Å². The number of hydrogen-bond donors (Lipinski definition) is 1. The molecule has 5 aromatic rings. The number of hydrogen-bond acceptors (Lipinski definition) is 7. The zero-order chi connectivity index (χ0) is 22.8. The summed E-state index contributed by atoms with van der Waals surface area (Å²) in [5, 5.41) is 11.6. The van der Waals surface area contributed by atoms with Crippen molar-refractivity contribution in [2.75, 3.05) is 5.32 Å². The number of para-hydroxylation sites is 1. The molecular formula is C24H17N5O4. The van der Waals surface area contributed by atoms with Gasteiger partial charge in [-0.3, -0.25) is 9.36 Å². The first-order chi connectivity index (χ1) is 16.1. The van der Waals surface area contributed by atoms with Gasteiger partial charge in [0.1, 0.15) is 22.7 Å². The maximum atomic E-state index is 12.6. The molecule has 3 heterocycles. The van der Waals surface area contributed by atoms with Crippen LogP contribution in [0.25, 0.3) is 16.8 Å². The summed E-state index contributed by atoms with van der Waals surface area (Å²) in [4.78, 5) is 28.9. The van der Waals surface area contributed by atoms with Crippen LogP contribution in [0.4, 0.5) is 5.69 Å². The predicted octanol–water partition coefficient (Wildman–Crippen LogP) is 4.12. The van der Waals surface area contributed by atoms with Crippen LogP contribution in [0.2, 0.25) is 0 Å². The van der Waals surface area contributed by atoms with E-state index in [1.807, 2.05) is 11.5 Å². The third kappa shape index (κ3) is 4.19. The SMILES string of the molecule is Cc1nccn1-c1ccc(Oc2ccc(NC(=O)c3cc4ccccc4oc3=O)cc2)nn1. The van der Waals surface area contributed by atoms with Crippen LogP contribution in [0.1, 0.15) is 16.2 Å². The number of nitrogens with zero attached hydrogens (tertiary/aromatic N) is 4. The average molecular weight is 439 g/mol. The van der Waals surface area contributed by atoms with Crippen molar-refractivity contribution in [1.29, 1.82) is 0 Å². The normalized spacial score (nSPS) is 10.8. The van der Waals surface area contributed by atoms with Crippen molar-refractivity contribution < 1.29 is 13.9 Å². The van der Waals surface area contributed by atoms with E-state index in [4.69, 9.17) is 9.15 Å². The number of aromatic nitrogens is 4. The van der Waals surface area contributed by atoms with E-state index in [0.29, 0.717) is 34.1 Å². The van der Waals surface area contributed by atoms with Gasteiger partial charge in [-0.05, 0) is 49.4 Å².